The minimum absolute atomic E-state index is 0.0128. The number of piperidine rings is 2. The Morgan fingerprint density at radius 3 is 2.47 bits per heavy atom. The van der Waals surface area contributed by atoms with Crippen molar-refractivity contribution in [3.8, 4) is 0 Å². The number of hydrogen-bond acceptors (Lipinski definition) is 8. The molecule has 36 heavy (non-hydrogen) atoms. The van der Waals surface area contributed by atoms with Crippen LogP contribution in [-0.4, -0.2) is 53.0 Å². The van der Waals surface area contributed by atoms with E-state index in [4.69, 9.17) is 4.98 Å². The van der Waals surface area contributed by atoms with E-state index in [9.17, 15) is 8.42 Å². The van der Waals surface area contributed by atoms with Crippen molar-refractivity contribution in [2.75, 3.05) is 10.6 Å². The monoisotopic (exact) mass is 507 g/mol. The van der Waals surface area contributed by atoms with Gasteiger partial charge in [0.25, 0.3) is 0 Å². The molecule has 4 N–H and O–H groups in total. The number of nitrogens with zero attached hydrogens (tertiary/aromatic N) is 3. The third-order valence-electron chi connectivity index (χ3n) is 7.58. The Bertz CT molecular complexity index is 1320. The van der Waals surface area contributed by atoms with Crippen LogP contribution in [0.5, 0.6) is 0 Å². The Hall–Kier alpha value is -2.79. The lowest BCUT2D eigenvalue weighted by atomic mass is 9.84. The summed E-state index contributed by atoms with van der Waals surface area (Å²) in [6.45, 7) is 2.14. The average molecular weight is 508 g/mol. The Morgan fingerprint density at radius 1 is 0.972 bits per heavy atom. The molecule has 0 amide bonds. The SMILES string of the molecule is CC1CC(Nc2cc3ncccc3c(NC3C[C@H]4CCC[C@@H](C3)N4S(=O)(=O)c3ccccc3)n2)NN1. The zero-order chi connectivity index (χ0) is 24.7. The van der Waals surface area contributed by atoms with E-state index < -0.39 is 10.0 Å². The highest BCUT2D eigenvalue weighted by Crippen LogP contribution is 2.39. The molecule has 0 spiro atoms. The van der Waals surface area contributed by atoms with Crippen molar-refractivity contribution in [2.45, 2.75) is 80.7 Å². The van der Waals surface area contributed by atoms with Gasteiger partial charge in [-0.3, -0.25) is 10.4 Å². The van der Waals surface area contributed by atoms with E-state index in [1.54, 1.807) is 34.8 Å². The molecule has 1 aromatic carbocycles. The highest BCUT2D eigenvalue weighted by molar-refractivity contribution is 7.89. The number of hydrogen-bond donors (Lipinski definition) is 4. The number of hydrazine groups is 1. The molecule has 5 heterocycles. The molecule has 3 aliphatic rings. The summed E-state index contributed by atoms with van der Waals surface area (Å²) in [6.07, 6.45) is 7.19. The third kappa shape index (κ3) is 4.54. The fraction of sp³-hybridized carbons (Fsp3) is 0.462. The number of benzene rings is 1. The molecule has 2 bridgehead atoms. The number of sulfonamides is 1. The van der Waals surface area contributed by atoms with Crippen LogP contribution in [0.2, 0.25) is 0 Å². The standard InChI is InChI=1S/C26H33N7O2S/c1-17-13-25(32-31-17)29-24-16-23-22(11-6-12-27-23)26(30-24)28-18-14-19-7-5-8-20(15-18)33(19)36(34,35)21-9-3-2-4-10-21/h2-4,6,9-12,16-20,25,31-32H,5,7-8,13-15H2,1H3,(H2,28,29,30)/t17?,18?,19-,20+,25?. The van der Waals surface area contributed by atoms with Crippen LogP contribution in [0.1, 0.15) is 45.4 Å². The quantitative estimate of drug-likeness (QED) is 0.402. The molecule has 3 saturated heterocycles. The van der Waals surface area contributed by atoms with E-state index in [0.717, 1.165) is 61.1 Å². The molecule has 0 radical (unpaired) electrons. The highest BCUT2D eigenvalue weighted by Gasteiger charge is 2.45. The average Bonchev–Trinajstić information content (AvgIpc) is 3.28. The first-order valence-electron chi connectivity index (χ1n) is 12.9. The molecule has 0 saturated carbocycles. The van der Waals surface area contributed by atoms with Gasteiger partial charge in [0.05, 0.1) is 16.6 Å². The minimum Gasteiger partial charge on any atom is -0.367 e. The van der Waals surface area contributed by atoms with Gasteiger partial charge in [0, 0.05) is 41.8 Å². The normalized spacial score (nSPS) is 28.8. The summed E-state index contributed by atoms with van der Waals surface area (Å²) in [5.74, 6) is 1.56. The molecule has 6 rings (SSSR count). The lowest BCUT2D eigenvalue weighted by molar-refractivity contribution is 0.116. The van der Waals surface area contributed by atoms with Crippen molar-refractivity contribution in [1.82, 2.24) is 25.1 Å². The largest absolute Gasteiger partial charge is 0.367 e. The van der Waals surface area contributed by atoms with Crippen LogP contribution in [-0.2, 0) is 10.0 Å². The smallest absolute Gasteiger partial charge is 0.243 e. The van der Waals surface area contributed by atoms with Crippen LogP contribution in [0.3, 0.4) is 0 Å². The van der Waals surface area contributed by atoms with Crippen molar-refractivity contribution >= 4 is 32.6 Å². The van der Waals surface area contributed by atoms with Gasteiger partial charge < -0.3 is 10.6 Å². The second-order valence-electron chi connectivity index (χ2n) is 10.2. The number of pyridine rings is 2. The summed E-state index contributed by atoms with van der Waals surface area (Å²) >= 11 is 0. The summed E-state index contributed by atoms with van der Waals surface area (Å²) in [7, 11) is -3.52. The van der Waals surface area contributed by atoms with Crippen molar-refractivity contribution in [2.24, 2.45) is 0 Å². The fourth-order valence-corrected chi connectivity index (χ4v) is 7.92. The minimum atomic E-state index is -3.52. The van der Waals surface area contributed by atoms with Crippen molar-refractivity contribution in [3.05, 3.63) is 54.7 Å². The van der Waals surface area contributed by atoms with Gasteiger partial charge in [-0.25, -0.2) is 18.8 Å². The van der Waals surface area contributed by atoms with Gasteiger partial charge in [0.1, 0.15) is 11.6 Å². The molecule has 9 nitrogen and oxygen atoms in total. The van der Waals surface area contributed by atoms with Gasteiger partial charge in [0.15, 0.2) is 0 Å². The number of rotatable bonds is 6. The van der Waals surface area contributed by atoms with E-state index in [2.05, 4.69) is 33.4 Å². The number of anilines is 2. The number of aromatic nitrogens is 2. The Morgan fingerprint density at radius 2 is 1.75 bits per heavy atom. The van der Waals surface area contributed by atoms with Crippen LogP contribution < -0.4 is 21.5 Å². The van der Waals surface area contributed by atoms with Gasteiger partial charge in [0.2, 0.25) is 10.0 Å². The maximum Gasteiger partial charge on any atom is 0.243 e. The summed E-state index contributed by atoms with van der Waals surface area (Å²) < 4.78 is 28.9. The predicted octanol–water partition coefficient (Wildman–Crippen LogP) is 3.44. The van der Waals surface area contributed by atoms with E-state index in [-0.39, 0.29) is 24.3 Å². The van der Waals surface area contributed by atoms with Crippen LogP contribution in [0, 0.1) is 0 Å². The molecule has 3 unspecified atom stereocenters. The van der Waals surface area contributed by atoms with Crippen LogP contribution in [0.25, 0.3) is 10.9 Å². The molecule has 0 aliphatic carbocycles. The first-order valence-corrected chi connectivity index (χ1v) is 14.3. The first-order chi connectivity index (χ1) is 17.5. The predicted molar refractivity (Wildman–Crippen MR) is 141 cm³/mol. The van der Waals surface area contributed by atoms with Crippen LogP contribution >= 0.6 is 0 Å². The topological polar surface area (TPSA) is 111 Å². The molecule has 10 heteroatoms. The summed E-state index contributed by atoms with van der Waals surface area (Å²) in [6, 6.07) is 15.3. The van der Waals surface area contributed by atoms with E-state index >= 15 is 0 Å². The fourth-order valence-electron chi connectivity index (χ4n) is 6.00. The maximum absolute atomic E-state index is 13.5. The molecule has 3 aromatic rings. The summed E-state index contributed by atoms with van der Waals surface area (Å²) in [4.78, 5) is 9.89. The zero-order valence-electron chi connectivity index (χ0n) is 20.4. The lowest BCUT2D eigenvalue weighted by Gasteiger charge is -2.47. The van der Waals surface area contributed by atoms with E-state index in [0.29, 0.717) is 10.9 Å². The van der Waals surface area contributed by atoms with Gasteiger partial charge in [-0.2, -0.15) is 4.31 Å². The first kappa shape index (κ1) is 23.6. The molecule has 3 aliphatic heterocycles. The second-order valence-corrected chi connectivity index (χ2v) is 12.1. The summed E-state index contributed by atoms with van der Waals surface area (Å²) in [5, 5.41) is 8.13. The Kier molecular flexibility index (Phi) is 6.28. The highest BCUT2D eigenvalue weighted by atomic mass is 32.2. The molecular weight excluding hydrogens is 474 g/mol. The van der Waals surface area contributed by atoms with E-state index in [1.165, 1.54) is 0 Å². The van der Waals surface area contributed by atoms with Gasteiger partial charge >= 0.3 is 0 Å². The zero-order valence-corrected chi connectivity index (χ0v) is 21.2. The van der Waals surface area contributed by atoms with Crippen LogP contribution in [0.15, 0.2) is 59.6 Å². The van der Waals surface area contributed by atoms with Gasteiger partial charge in [-0.1, -0.05) is 24.6 Å². The van der Waals surface area contributed by atoms with E-state index in [1.807, 2.05) is 24.3 Å². The maximum atomic E-state index is 13.5. The van der Waals surface area contributed by atoms with Crippen molar-refractivity contribution in [1.29, 1.82) is 0 Å². The number of fused-ring (bicyclic) bond motifs is 3. The number of nitrogens with one attached hydrogen (secondary N) is 4. The molecule has 5 atom stereocenters. The molecule has 190 valence electrons. The summed E-state index contributed by atoms with van der Waals surface area (Å²) in [5.41, 5.74) is 7.37. The third-order valence-corrected chi connectivity index (χ3v) is 9.60. The molecular formula is C26H33N7O2S. The molecule has 2 aromatic heterocycles. The van der Waals surface area contributed by atoms with Gasteiger partial charge in [-0.05, 0) is 63.3 Å². The van der Waals surface area contributed by atoms with Crippen molar-refractivity contribution in [3.63, 3.8) is 0 Å². The van der Waals surface area contributed by atoms with Crippen LogP contribution in [0.4, 0.5) is 11.6 Å². The van der Waals surface area contributed by atoms with Crippen molar-refractivity contribution < 1.29 is 8.42 Å². The Labute approximate surface area is 212 Å². The Balaban J connectivity index is 1.25. The van der Waals surface area contributed by atoms with Gasteiger partial charge in [-0.15, -0.1) is 0 Å². The molecule has 3 fully saturated rings. The lowest BCUT2D eigenvalue weighted by Crippen LogP contribution is -2.56. The second kappa shape index (κ2) is 9.59.